The Hall–Kier alpha value is -1.02. The van der Waals surface area contributed by atoms with Crippen molar-refractivity contribution < 1.29 is 30.0 Å². The van der Waals surface area contributed by atoms with E-state index in [1.807, 2.05) is 0 Å². The first-order valence-electron chi connectivity index (χ1n) is 4.21. The summed E-state index contributed by atoms with van der Waals surface area (Å²) >= 11 is 0. The average molecular weight is 223 g/mol. The van der Waals surface area contributed by atoms with Crippen molar-refractivity contribution in [2.75, 3.05) is 6.61 Å². The molecular weight excluding hydrogens is 206 g/mol. The number of carbonyl (C=O) groups excluding carboxylic acids is 2. The van der Waals surface area contributed by atoms with Gasteiger partial charge in [0.15, 0.2) is 0 Å². The Morgan fingerprint density at radius 2 is 1.73 bits per heavy atom. The van der Waals surface area contributed by atoms with E-state index < -0.39 is 24.9 Å². The van der Waals surface area contributed by atoms with Crippen LogP contribution in [0.4, 0.5) is 0 Å². The largest absolute Gasteiger partial charge is 0.394 e. The maximum atomic E-state index is 9.82. The van der Waals surface area contributed by atoms with Gasteiger partial charge in [-0.2, -0.15) is 0 Å². The van der Waals surface area contributed by atoms with Gasteiger partial charge in [-0.15, -0.1) is 0 Å². The number of nitrogens with two attached hydrogens (primary N) is 1. The number of hydrogen-bond acceptors (Lipinski definition) is 6. The van der Waals surface area contributed by atoms with Gasteiger partial charge in [0, 0.05) is 13.3 Å². The summed E-state index contributed by atoms with van der Waals surface area (Å²) in [7, 11) is 0. The third-order valence-electron chi connectivity index (χ3n) is 1.31. The number of primary amides is 1. The minimum Gasteiger partial charge on any atom is -0.394 e. The van der Waals surface area contributed by atoms with E-state index in [2.05, 4.69) is 5.73 Å². The fraction of sp³-hybridized carbons (Fsp3) is 0.750. The van der Waals surface area contributed by atoms with Crippen molar-refractivity contribution in [3.05, 3.63) is 0 Å². The predicted molar refractivity (Wildman–Crippen MR) is 50.7 cm³/mol. The molecule has 0 saturated carbocycles. The minimum atomic E-state index is -1.47. The second-order valence-corrected chi connectivity index (χ2v) is 2.82. The quantitative estimate of drug-likeness (QED) is 0.317. The molecule has 0 spiro atoms. The Kier molecular flexibility index (Phi) is 10.4. The maximum Gasteiger partial charge on any atom is 0.214 e. The van der Waals surface area contributed by atoms with Crippen molar-refractivity contribution in [1.82, 2.24) is 0 Å². The van der Waals surface area contributed by atoms with Crippen LogP contribution in [0, 0.1) is 0 Å². The minimum absolute atomic E-state index is 0.252. The summed E-state index contributed by atoms with van der Waals surface area (Å²) in [6, 6.07) is 0. The molecular formula is C8H17NO6. The summed E-state index contributed by atoms with van der Waals surface area (Å²) in [5.41, 5.74) is 4.47. The summed E-state index contributed by atoms with van der Waals surface area (Å²) in [4.78, 5) is 19.0. The first-order valence-corrected chi connectivity index (χ1v) is 4.21. The molecule has 7 nitrogen and oxygen atoms in total. The van der Waals surface area contributed by atoms with Crippen molar-refractivity contribution in [3.8, 4) is 0 Å². The number of rotatable bonds is 5. The number of aliphatic hydroxyl groups is 4. The molecule has 0 aromatic carbocycles. The highest BCUT2D eigenvalue weighted by Gasteiger charge is 2.23. The van der Waals surface area contributed by atoms with Crippen LogP contribution < -0.4 is 5.73 Å². The van der Waals surface area contributed by atoms with Crippen molar-refractivity contribution in [3.63, 3.8) is 0 Å². The second-order valence-electron chi connectivity index (χ2n) is 2.82. The van der Waals surface area contributed by atoms with Crippen LogP contribution in [0.2, 0.25) is 0 Å². The van der Waals surface area contributed by atoms with Crippen LogP contribution in [-0.4, -0.2) is 57.5 Å². The van der Waals surface area contributed by atoms with Gasteiger partial charge in [0.2, 0.25) is 5.91 Å². The Morgan fingerprint density at radius 1 is 1.33 bits per heavy atom. The lowest BCUT2D eigenvalue weighted by Gasteiger charge is -2.19. The van der Waals surface area contributed by atoms with Crippen LogP contribution in [0.25, 0.3) is 0 Å². The van der Waals surface area contributed by atoms with Crippen LogP contribution in [0.1, 0.15) is 13.3 Å². The Morgan fingerprint density at radius 3 is 2.00 bits per heavy atom. The fourth-order valence-electron chi connectivity index (χ4n) is 0.602. The molecule has 0 fully saturated rings. The smallest absolute Gasteiger partial charge is 0.214 e. The Balaban J connectivity index is 0. The van der Waals surface area contributed by atoms with Gasteiger partial charge >= 0.3 is 0 Å². The SMILES string of the molecule is CC(N)=O.O=CCC(O)C(O)C(O)CO. The summed E-state index contributed by atoms with van der Waals surface area (Å²) in [6.45, 7) is 0.664. The van der Waals surface area contributed by atoms with E-state index >= 15 is 0 Å². The summed E-state index contributed by atoms with van der Waals surface area (Å²) in [5, 5.41) is 34.8. The lowest BCUT2D eigenvalue weighted by molar-refractivity contribution is -0.116. The fourth-order valence-corrected chi connectivity index (χ4v) is 0.602. The van der Waals surface area contributed by atoms with Gasteiger partial charge in [-0.3, -0.25) is 4.79 Å². The number of aldehydes is 1. The first-order chi connectivity index (χ1) is 6.86. The van der Waals surface area contributed by atoms with Crippen molar-refractivity contribution >= 4 is 12.2 Å². The van der Waals surface area contributed by atoms with Gasteiger partial charge in [0.25, 0.3) is 0 Å². The number of amides is 1. The van der Waals surface area contributed by atoms with Crippen LogP contribution in [0.5, 0.6) is 0 Å². The van der Waals surface area contributed by atoms with E-state index in [9.17, 15) is 9.59 Å². The topological polar surface area (TPSA) is 141 Å². The molecule has 90 valence electrons. The van der Waals surface area contributed by atoms with Crippen molar-refractivity contribution in [2.45, 2.75) is 31.7 Å². The molecule has 0 rings (SSSR count). The molecule has 0 aromatic heterocycles. The van der Waals surface area contributed by atoms with E-state index in [-0.39, 0.29) is 12.3 Å². The van der Waals surface area contributed by atoms with E-state index in [0.717, 1.165) is 0 Å². The van der Waals surface area contributed by atoms with Crippen molar-refractivity contribution in [1.29, 1.82) is 0 Å². The molecule has 0 heterocycles. The first kappa shape index (κ1) is 16.4. The molecule has 7 heteroatoms. The molecule has 0 aliphatic carbocycles. The maximum absolute atomic E-state index is 9.82. The van der Waals surface area contributed by atoms with Gasteiger partial charge in [-0.1, -0.05) is 0 Å². The third-order valence-corrected chi connectivity index (χ3v) is 1.31. The highest BCUT2D eigenvalue weighted by molar-refractivity contribution is 5.70. The summed E-state index contributed by atoms with van der Waals surface area (Å²) < 4.78 is 0. The molecule has 0 aliphatic rings. The molecule has 6 N–H and O–H groups in total. The monoisotopic (exact) mass is 223 g/mol. The van der Waals surface area contributed by atoms with Gasteiger partial charge in [0.05, 0.1) is 12.7 Å². The average Bonchev–Trinajstić information content (AvgIpc) is 2.15. The van der Waals surface area contributed by atoms with Crippen LogP contribution in [0.15, 0.2) is 0 Å². The van der Waals surface area contributed by atoms with Crippen molar-refractivity contribution in [2.24, 2.45) is 5.73 Å². The molecule has 0 aromatic rings. The molecule has 0 saturated heterocycles. The summed E-state index contributed by atoms with van der Waals surface area (Å²) in [5.74, 6) is -0.333. The number of hydrogen-bond donors (Lipinski definition) is 5. The highest BCUT2D eigenvalue weighted by Crippen LogP contribution is 2.01. The zero-order chi connectivity index (χ0) is 12.4. The van der Waals surface area contributed by atoms with E-state index in [1.54, 1.807) is 0 Å². The Labute approximate surface area is 87.1 Å². The molecule has 15 heavy (non-hydrogen) atoms. The molecule has 3 unspecified atom stereocenters. The highest BCUT2D eigenvalue weighted by atomic mass is 16.4. The number of carbonyl (C=O) groups is 2. The van der Waals surface area contributed by atoms with Gasteiger partial charge in [-0.05, 0) is 0 Å². The molecule has 1 amide bonds. The lowest BCUT2D eigenvalue weighted by Crippen LogP contribution is -2.39. The van der Waals surface area contributed by atoms with Crippen LogP contribution in [0.3, 0.4) is 0 Å². The van der Waals surface area contributed by atoms with E-state index in [0.29, 0.717) is 6.29 Å². The number of aliphatic hydroxyl groups excluding tert-OH is 4. The Bertz CT molecular complexity index is 182. The normalized spacial score (nSPS) is 15.5. The zero-order valence-electron chi connectivity index (χ0n) is 8.41. The summed E-state index contributed by atoms with van der Waals surface area (Å²) in [6.07, 6.45) is -4.00. The molecule has 3 atom stereocenters. The zero-order valence-corrected chi connectivity index (χ0v) is 8.41. The standard InChI is InChI=1S/C6H12O5.C2H5NO/c7-2-1-4(9)6(11)5(10)3-8;1-2(3)4/h2,4-6,8-11H,1,3H2;1H3,(H2,3,4). The molecule has 0 aliphatic heterocycles. The third kappa shape index (κ3) is 10.9. The molecule has 0 bridgehead atoms. The lowest BCUT2D eigenvalue weighted by atomic mass is 10.1. The van der Waals surface area contributed by atoms with Gasteiger partial charge < -0.3 is 31.0 Å². The molecule has 0 radical (unpaired) electrons. The predicted octanol–water partition coefficient (Wildman–Crippen LogP) is -2.86. The van der Waals surface area contributed by atoms with Crippen LogP contribution >= 0.6 is 0 Å². The second kappa shape index (κ2) is 9.53. The van der Waals surface area contributed by atoms with E-state index in [4.69, 9.17) is 20.4 Å². The van der Waals surface area contributed by atoms with E-state index in [1.165, 1.54) is 6.92 Å². The van der Waals surface area contributed by atoms with Gasteiger partial charge in [-0.25, -0.2) is 0 Å². The van der Waals surface area contributed by atoms with Gasteiger partial charge in [0.1, 0.15) is 18.5 Å². The van der Waals surface area contributed by atoms with Crippen LogP contribution in [-0.2, 0) is 9.59 Å².